The van der Waals surface area contributed by atoms with Crippen molar-refractivity contribution in [2.45, 2.75) is 18.7 Å². The van der Waals surface area contributed by atoms with E-state index in [1.807, 2.05) is 4.72 Å². The third-order valence-corrected chi connectivity index (χ3v) is 4.80. The van der Waals surface area contributed by atoms with Crippen LogP contribution in [0.15, 0.2) is 33.6 Å². The van der Waals surface area contributed by atoms with E-state index in [1.165, 1.54) is 6.92 Å². The molecular weight excluding hydrogens is 380 g/mol. The van der Waals surface area contributed by atoms with Crippen LogP contribution < -0.4 is 10.5 Å². The predicted octanol–water partition coefficient (Wildman–Crippen LogP) is 1.36. The highest BCUT2D eigenvalue weighted by molar-refractivity contribution is 7.92. The zero-order valence-corrected chi connectivity index (χ0v) is 15.1. The molecule has 0 unspecified atom stereocenters. The van der Waals surface area contributed by atoms with E-state index in [4.69, 9.17) is 20.0 Å². The molecule has 11 heteroatoms. The van der Waals surface area contributed by atoms with E-state index < -0.39 is 39.3 Å². The van der Waals surface area contributed by atoms with Gasteiger partial charge in [0.2, 0.25) is 5.88 Å². The molecule has 2 rings (SSSR count). The predicted molar refractivity (Wildman–Crippen MR) is 92.1 cm³/mol. The molecule has 0 spiro atoms. The molecule has 0 aliphatic heterocycles. The number of benzene rings is 1. The number of aryl methyl sites for hydroxylation is 1. The zero-order valence-electron chi connectivity index (χ0n) is 14.3. The summed E-state index contributed by atoms with van der Waals surface area (Å²) in [5.41, 5.74) is 4.42. The van der Waals surface area contributed by atoms with Gasteiger partial charge in [0.25, 0.3) is 15.9 Å². The molecular formula is C16H16N2O8S. The first-order valence-electron chi connectivity index (χ1n) is 7.55. The molecule has 1 aromatic carbocycles. The number of amides is 1. The van der Waals surface area contributed by atoms with Crippen LogP contribution >= 0.6 is 0 Å². The van der Waals surface area contributed by atoms with Crippen LogP contribution in [-0.2, 0) is 14.8 Å². The van der Waals surface area contributed by atoms with Crippen LogP contribution in [0.1, 0.15) is 43.8 Å². The molecule has 0 aliphatic rings. The molecule has 0 saturated carbocycles. The number of carboxylic acids is 1. The number of rotatable bonds is 7. The van der Waals surface area contributed by atoms with Gasteiger partial charge in [0.05, 0.1) is 17.1 Å². The van der Waals surface area contributed by atoms with Gasteiger partial charge in [-0.2, -0.15) is 0 Å². The fourth-order valence-electron chi connectivity index (χ4n) is 2.26. The lowest BCUT2D eigenvalue weighted by molar-refractivity contribution is 0.0521. The van der Waals surface area contributed by atoms with Crippen molar-refractivity contribution >= 4 is 33.8 Å². The van der Waals surface area contributed by atoms with Crippen LogP contribution in [0.4, 0.5) is 5.88 Å². The summed E-state index contributed by atoms with van der Waals surface area (Å²) in [6, 6.07) is 4.34. The highest BCUT2D eigenvalue weighted by atomic mass is 32.2. The summed E-state index contributed by atoms with van der Waals surface area (Å²) in [5, 5.41) is 8.86. The van der Waals surface area contributed by atoms with E-state index in [-0.39, 0.29) is 28.4 Å². The van der Waals surface area contributed by atoms with E-state index in [0.717, 1.165) is 24.3 Å². The van der Waals surface area contributed by atoms with Crippen LogP contribution in [0.2, 0.25) is 0 Å². The SMILES string of the molecule is CCOC(=O)c1c(C)oc(NS(=O)(=O)c2ccc(C(=O)O)cc2)c1C(N)=O. The third kappa shape index (κ3) is 4.08. The summed E-state index contributed by atoms with van der Waals surface area (Å²) in [6.45, 7) is 2.93. The molecule has 0 atom stereocenters. The second kappa shape index (κ2) is 7.50. The summed E-state index contributed by atoms with van der Waals surface area (Å²) in [5.74, 6) is -3.78. The van der Waals surface area contributed by atoms with E-state index in [9.17, 15) is 22.8 Å². The van der Waals surface area contributed by atoms with Crippen molar-refractivity contribution in [2.24, 2.45) is 5.73 Å². The molecule has 2 aromatic rings. The van der Waals surface area contributed by atoms with Gasteiger partial charge in [0, 0.05) is 0 Å². The standard InChI is InChI=1S/C16H16N2O8S/c1-3-25-16(22)11-8(2)26-14(12(11)13(17)19)18-27(23,24)10-6-4-9(5-7-10)15(20)21/h4-7,18H,3H2,1-2H3,(H2,17,19)(H,20,21). The molecule has 10 nitrogen and oxygen atoms in total. The van der Waals surface area contributed by atoms with Crippen molar-refractivity contribution in [1.82, 2.24) is 0 Å². The fourth-order valence-corrected chi connectivity index (χ4v) is 3.26. The van der Waals surface area contributed by atoms with Gasteiger partial charge in [-0.3, -0.25) is 4.79 Å². The Hall–Kier alpha value is -3.34. The molecule has 1 heterocycles. The number of carbonyl (C=O) groups is 3. The average Bonchev–Trinajstić information content (AvgIpc) is 2.90. The molecule has 0 aliphatic carbocycles. The number of carbonyl (C=O) groups excluding carboxylic acids is 2. The van der Waals surface area contributed by atoms with E-state index in [1.54, 1.807) is 6.92 Å². The van der Waals surface area contributed by atoms with Crippen LogP contribution in [0.5, 0.6) is 0 Å². The van der Waals surface area contributed by atoms with Crippen LogP contribution in [-0.4, -0.2) is 38.0 Å². The average molecular weight is 396 g/mol. The number of esters is 1. The lowest BCUT2D eigenvalue weighted by atomic mass is 10.1. The van der Waals surface area contributed by atoms with Gasteiger partial charge in [-0.05, 0) is 38.1 Å². The largest absolute Gasteiger partial charge is 0.478 e. The molecule has 0 saturated heterocycles. The number of anilines is 1. The summed E-state index contributed by atoms with van der Waals surface area (Å²) in [7, 11) is -4.25. The van der Waals surface area contributed by atoms with Crippen molar-refractivity contribution in [3.8, 4) is 0 Å². The first-order valence-corrected chi connectivity index (χ1v) is 9.03. The minimum atomic E-state index is -4.25. The van der Waals surface area contributed by atoms with Gasteiger partial charge in [0.1, 0.15) is 16.9 Å². The van der Waals surface area contributed by atoms with Crippen LogP contribution in [0.3, 0.4) is 0 Å². The van der Waals surface area contributed by atoms with Gasteiger partial charge in [-0.25, -0.2) is 22.7 Å². The number of hydrogen-bond acceptors (Lipinski definition) is 7. The Morgan fingerprint density at radius 1 is 1.19 bits per heavy atom. The first kappa shape index (κ1) is 20.0. The summed E-state index contributed by atoms with van der Waals surface area (Å²) in [6.07, 6.45) is 0. The third-order valence-electron chi connectivity index (χ3n) is 3.45. The molecule has 0 fully saturated rings. The zero-order chi connectivity index (χ0) is 20.4. The Morgan fingerprint density at radius 3 is 2.26 bits per heavy atom. The molecule has 4 N–H and O–H groups in total. The molecule has 144 valence electrons. The highest BCUT2D eigenvalue weighted by Gasteiger charge is 2.30. The van der Waals surface area contributed by atoms with Crippen molar-refractivity contribution < 1.29 is 37.1 Å². The Kier molecular flexibility index (Phi) is 5.55. The number of ether oxygens (including phenoxy) is 1. The smallest absolute Gasteiger partial charge is 0.342 e. The number of furan rings is 1. The van der Waals surface area contributed by atoms with Crippen LogP contribution in [0, 0.1) is 6.92 Å². The normalized spacial score (nSPS) is 11.0. The molecule has 0 radical (unpaired) electrons. The molecule has 1 amide bonds. The second-order valence-corrected chi connectivity index (χ2v) is 6.94. The maximum atomic E-state index is 12.5. The summed E-state index contributed by atoms with van der Waals surface area (Å²) in [4.78, 5) is 34.4. The van der Waals surface area contributed by atoms with Crippen LogP contribution in [0.25, 0.3) is 0 Å². The van der Waals surface area contributed by atoms with E-state index in [2.05, 4.69) is 0 Å². The van der Waals surface area contributed by atoms with Gasteiger partial charge in [-0.15, -0.1) is 0 Å². The fraction of sp³-hybridized carbons (Fsp3) is 0.188. The Labute approximate surface area is 154 Å². The monoisotopic (exact) mass is 396 g/mol. The number of primary amides is 1. The lowest BCUT2D eigenvalue weighted by Gasteiger charge is -2.07. The van der Waals surface area contributed by atoms with Gasteiger partial charge < -0.3 is 20.0 Å². The minimum Gasteiger partial charge on any atom is -0.478 e. The number of aromatic carboxylic acids is 1. The van der Waals surface area contributed by atoms with Crippen molar-refractivity contribution in [3.05, 3.63) is 46.7 Å². The quantitative estimate of drug-likeness (QED) is 0.590. The van der Waals surface area contributed by atoms with Gasteiger partial charge in [0.15, 0.2) is 0 Å². The minimum absolute atomic E-state index is 0.0264. The summed E-state index contributed by atoms with van der Waals surface area (Å²) < 4.78 is 37.0. The first-order chi connectivity index (χ1) is 12.6. The maximum absolute atomic E-state index is 12.5. The number of sulfonamides is 1. The molecule has 27 heavy (non-hydrogen) atoms. The maximum Gasteiger partial charge on any atom is 0.342 e. The number of hydrogen-bond donors (Lipinski definition) is 3. The highest BCUT2D eigenvalue weighted by Crippen LogP contribution is 2.29. The lowest BCUT2D eigenvalue weighted by Crippen LogP contribution is -2.20. The second-order valence-electron chi connectivity index (χ2n) is 5.26. The van der Waals surface area contributed by atoms with Gasteiger partial charge in [-0.1, -0.05) is 0 Å². The number of nitrogens with one attached hydrogen (secondary N) is 1. The Balaban J connectivity index is 2.46. The number of carboxylic acid groups (broad SMARTS) is 1. The van der Waals surface area contributed by atoms with E-state index in [0.29, 0.717) is 0 Å². The summed E-state index contributed by atoms with van der Waals surface area (Å²) >= 11 is 0. The number of nitrogens with two attached hydrogens (primary N) is 1. The van der Waals surface area contributed by atoms with Gasteiger partial charge >= 0.3 is 11.9 Å². The van der Waals surface area contributed by atoms with E-state index >= 15 is 0 Å². The molecule has 0 bridgehead atoms. The molecule has 1 aromatic heterocycles. The van der Waals surface area contributed by atoms with Crippen molar-refractivity contribution in [2.75, 3.05) is 11.3 Å². The Bertz CT molecular complexity index is 1010. The topological polar surface area (TPSA) is 166 Å². The van der Waals surface area contributed by atoms with Crippen molar-refractivity contribution in [1.29, 1.82) is 0 Å². The van der Waals surface area contributed by atoms with Crippen molar-refractivity contribution in [3.63, 3.8) is 0 Å². The Morgan fingerprint density at radius 2 is 1.78 bits per heavy atom.